The Bertz CT molecular complexity index is 513. The van der Waals surface area contributed by atoms with Crippen molar-refractivity contribution in [3.05, 3.63) is 0 Å². The fraction of sp³-hybridized carbons (Fsp3) is 0.955. The molecule has 0 aromatic heterocycles. The molecule has 0 radical (unpaired) electrons. The van der Waals surface area contributed by atoms with Crippen LogP contribution in [0, 0.1) is 0 Å². The van der Waals surface area contributed by atoms with E-state index in [0.29, 0.717) is 6.42 Å². The van der Waals surface area contributed by atoms with Gasteiger partial charge in [-0.15, -0.1) is 0 Å². The van der Waals surface area contributed by atoms with E-state index in [9.17, 15) is 4.79 Å². The minimum absolute atomic E-state index is 0.217. The van der Waals surface area contributed by atoms with Gasteiger partial charge in [-0.2, -0.15) is 0 Å². The van der Waals surface area contributed by atoms with Crippen LogP contribution in [0.2, 0.25) is 0 Å². The highest BCUT2D eigenvalue weighted by Crippen LogP contribution is 2.28. The Kier molecular flexibility index (Phi) is 16.0. The number of carbonyl (C=O) groups excluding carboxylic acids is 1. The molecule has 0 fully saturated rings. The lowest BCUT2D eigenvalue weighted by molar-refractivity contribution is -0.282. The smallest absolute Gasteiger partial charge is 0.356 e. The van der Waals surface area contributed by atoms with Crippen LogP contribution in [0.5, 0.6) is 0 Å². The van der Waals surface area contributed by atoms with E-state index in [1.807, 2.05) is 0 Å². The number of methoxy groups -OCH3 is 3. The molecule has 0 rings (SSSR count). The highest BCUT2D eigenvalue weighted by atomic mass is 28.4. The molecule has 0 bridgehead atoms. The van der Waals surface area contributed by atoms with Crippen molar-refractivity contribution in [3.63, 3.8) is 0 Å². The molecule has 0 aliphatic rings. The van der Waals surface area contributed by atoms with E-state index < -0.39 is 46.0 Å². The molecule has 0 heterocycles. The molecule has 33 heavy (non-hydrogen) atoms. The zero-order valence-corrected chi connectivity index (χ0v) is 23.3. The first-order valence-electron chi connectivity index (χ1n) is 11.5. The summed E-state index contributed by atoms with van der Waals surface area (Å²) in [6, 6.07) is 0. The van der Waals surface area contributed by atoms with Gasteiger partial charge in [0.15, 0.2) is 37.2 Å². The number of carbonyl (C=O) groups is 1. The summed E-state index contributed by atoms with van der Waals surface area (Å²) < 4.78 is 51.2. The number of hydrogen-bond acceptors (Lipinski definition) is 10. The van der Waals surface area contributed by atoms with E-state index in [2.05, 4.69) is 6.92 Å². The molecule has 10 nitrogen and oxygen atoms in total. The Morgan fingerprint density at radius 3 is 1.61 bits per heavy atom. The predicted molar refractivity (Wildman–Crippen MR) is 124 cm³/mol. The van der Waals surface area contributed by atoms with Crippen LogP contribution in [0.15, 0.2) is 0 Å². The summed E-state index contributed by atoms with van der Waals surface area (Å²) in [5.41, 5.74) is 0. The second kappa shape index (κ2) is 16.2. The highest BCUT2D eigenvalue weighted by Gasteiger charge is 2.56. The fourth-order valence-corrected chi connectivity index (χ4v) is 5.58. The third-order valence-corrected chi connectivity index (χ3v) is 7.56. The van der Waals surface area contributed by atoms with E-state index >= 15 is 0 Å². The van der Waals surface area contributed by atoms with Crippen molar-refractivity contribution < 1.29 is 46.5 Å². The third kappa shape index (κ3) is 13.3. The monoisotopic (exact) mass is 498 g/mol. The van der Waals surface area contributed by atoms with Crippen molar-refractivity contribution in [2.75, 3.05) is 21.3 Å². The lowest BCUT2D eigenvalue weighted by Gasteiger charge is -2.39. The lowest BCUT2D eigenvalue weighted by Crippen LogP contribution is -2.61. The Balaban J connectivity index is 6.09. The van der Waals surface area contributed by atoms with E-state index in [1.54, 1.807) is 48.5 Å². The van der Waals surface area contributed by atoms with E-state index in [1.165, 1.54) is 21.3 Å². The second-order valence-electron chi connectivity index (χ2n) is 8.11. The van der Waals surface area contributed by atoms with Gasteiger partial charge in [0.25, 0.3) is 0 Å². The minimum atomic E-state index is -4.13. The van der Waals surface area contributed by atoms with Crippen molar-refractivity contribution in [1.29, 1.82) is 0 Å². The van der Waals surface area contributed by atoms with Gasteiger partial charge in [-0.1, -0.05) is 19.8 Å². The van der Waals surface area contributed by atoms with Gasteiger partial charge >= 0.3 is 8.80 Å². The Labute approximate surface area is 200 Å². The highest BCUT2D eigenvalue weighted by molar-refractivity contribution is 6.92. The van der Waals surface area contributed by atoms with Crippen molar-refractivity contribution in [3.8, 4) is 0 Å². The lowest BCUT2D eigenvalue weighted by atomic mass is 10.2. The van der Waals surface area contributed by atoms with Crippen LogP contribution in [0.3, 0.4) is 0 Å². The zero-order valence-electron chi connectivity index (χ0n) is 22.3. The van der Waals surface area contributed by atoms with Crippen molar-refractivity contribution in [2.45, 2.75) is 118 Å². The Hall–Kier alpha value is -0.473. The standard InChI is InChI=1S/C22H46O10Si/c1-12-13-14-15-21(23)33(30-19(5)27-16(2)24-9,31-20(6)28-17(3)25-10)32-22(7,8)29-18(4)26-11/h16-20H,12-15H2,1-11H3. The largest absolute Gasteiger partial charge is 0.580 e. The summed E-state index contributed by atoms with van der Waals surface area (Å²) in [5, 5.41) is -0.293. The maximum Gasteiger partial charge on any atom is 0.580 e. The summed E-state index contributed by atoms with van der Waals surface area (Å²) in [6.07, 6.45) is -0.738. The number of unbranched alkanes of at least 4 members (excludes halogenated alkanes) is 2. The van der Waals surface area contributed by atoms with Gasteiger partial charge in [0.1, 0.15) is 0 Å². The number of rotatable bonds is 20. The molecule has 0 aliphatic carbocycles. The maximum absolute atomic E-state index is 13.6. The average Bonchev–Trinajstić information content (AvgIpc) is 2.72. The van der Waals surface area contributed by atoms with Crippen molar-refractivity contribution in [2.24, 2.45) is 0 Å². The van der Waals surface area contributed by atoms with Gasteiger partial charge < -0.3 is 41.7 Å². The van der Waals surface area contributed by atoms with Gasteiger partial charge in [-0.3, -0.25) is 4.79 Å². The molecule has 0 N–H and O–H groups in total. The second-order valence-corrected chi connectivity index (χ2v) is 10.5. The first-order chi connectivity index (χ1) is 15.3. The molecular weight excluding hydrogens is 452 g/mol. The molecule has 198 valence electrons. The topological polar surface area (TPSA) is 100 Å². The molecule has 5 unspecified atom stereocenters. The van der Waals surface area contributed by atoms with Crippen molar-refractivity contribution >= 4 is 14.2 Å². The molecule has 0 aliphatic heterocycles. The maximum atomic E-state index is 13.6. The number of hydrogen-bond donors (Lipinski definition) is 0. The molecule has 0 aromatic carbocycles. The predicted octanol–water partition coefficient (Wildman–Crippen LogP) is 4.12. The SMILES string of the molecule is CCCCCC(=O)[Si](OC(C)OC(C)OC)(OC(C)OC(C)OC)OC(C)(C)OC(C)OC. The number of ether oxygens (including phenoxy) is 6. The first-order valence-corrected chi connectivity index (χ1v) is 13.2. The van der Waals surface area contributed by atoms with Crippen LogP contribution < -0.4 is 0 Å². The average molecular weight is 499 g/mol. The molecule has 0 spiro atoms. The first kappa shape index (κ1) is 32.5. The Morgan fingerprint density at radius 2 is 1.21 bits per heavy atom. The van der Waals surface area contributed by atoms with Crippen LogP contribution in [0.25, 0.3) is 0 Å². The van der Waals surface area contributed by atoms with Crippen LogP contribution in [-0.2, 0) is 46.5 Å². The van der Waals surface area contributed by atoms with Gasteiger partial charge in [0.2, 0.25) is 5.41 Å². The summed E-state index contributed by atoms with van der Waals surface area (Å²) in [7, 11) is 0.403. The quantitative estimate of drug-likeness (QED) is 0.138. The summed E-state index contributed by atoms with van der Waals surface area (Å²) >= 11 is 0. The molecule has 0 amide bonds. The van der Waals surface area contributed by atoms with Crippen LogP contribution >= 0.6 is 0 Å². The summed E-state index contributed by atoms with van der Waals surface area (Å²) in [4.78, 5) is 13.6. The normalized spacial score (nSPS) is 18.9. The van der Waals surface area contributed by atoms with Gasteiger partial charge in [0.05, 0.1) is 0 Å². The molecule has 0 saturated heterocycles. The van der Waals surface area contributed by atoms with E-state index in [4.69, 9.17) is 41.7 Å². The van der Waals surface area contributed by atoms with Crippen LogP contribution in [-0.4, -0.2) is 72.8 Å². The van der Waals surface area contributed by atoms with Gasteiger partial charge in [0, 0.05) is 27.8 Å². The van der Waals surface area contributed by atoms with E-state index in [0.717, 1.165) is 12.8 Å². The molecular formula is C22H46O10Si. The van der Waals surface area contributed by atoms with Crippen molar-refractivity contribution in [1.82, 2.24) is 0 Å². The van der Waals surface area contributed by atoms with Gasteiger partial charge in [-0.05, 0) is 54.9 Å². The fourth-order valence-electron chi connectivity index (χ4n) is 2.89. The minimum Gasteiger partial charge on any atom is -0.356 e. The molecule has 0 aromatic rings. The van der Waals surface area contributed by atoms with E-state index in [-0.39, 0.29) is 11.8 Å². The summed E-state index contributed by atoms with van der Waals surface area (Å²) in [6.45, 7) is 13.9. The summed E-state index contributed by atoms with van der Waals surface area (Å²) in [5.74, 6) is -1.28. The van der Waals surface area contributed by atoms with Gasteiger partial charge in [-0.25, -0.2) is 0 Å². The zero-order chi connectivity index (χ0) is 25.7. The Morgan fingerprint density at radius 1 is 0.758 bits per heavy atom. The molecule has 11 heteroatoms. The molecule has 0 saturated carbocycles. The van der Waals surface area contributed by atoms with Crippen LogP contribution in [0.4, 0.5) is 0 Å². The third-order valence-electron chi connectivity index (χ3n) is 4.58. The van der Waals surface area contributed by atoms with Crippen LogP contribution in [0.1, 0.15) is 81.1 Å². The molecule has 5 atom stereocenters.